The summed E-state index contributed by atoms with van der Waals surface area (Å²) < 4.78 is 5.09. The molecule has 16 heavy (non-hydrogen) atoms. The van der Waals surface area contributed by atoms with E-state index in [0.29, 0.717) is 6.61 Å². The number of para-hydroxylation sites is 1. The minimum Gasteiger partial charge on any atom is -0.480 e. The van der Waals surface area contributed by atoms with Crippen LogP contribution in [0.25, 0.3) is 0 Å². The van der Waals surface area contributed by atoms with Crippen molar-refractivity contribution >= 4 is 11.7 Å². The predicted molar refractivity (Wildman–Crippen MR) is 60.6 cm³/mol. The number of hydrogen-bond donors (Lipinski definition) is 2. The van der Waals surface area contributed by atoms with Gasteiger partial charge in [0.2, 0.25) is 0 Å². The van der Waals surface area contributed by atoms with Gasteiger partial charge in [-0.1, -0.05) is 18.2 Å². The quantitative estimate of drug-likeness (QED) is 0.809. The number of carboxylic acid groups (broad SMARTS) is 1. The van der Waals surface area contributed by atoms with Gasteiger partial charge in [0.25, 0.3) is 0 Å². The highest BCUT2D eigenvalue weighted by Gasteiger charge is 2.17. The van der Waals surface area contributed by atoms with Crippen molar-refractivity contribution in [3.8, 4) is 0 Å². The molecule has 1 aromatic carbocycles. The van der Waals surface area contributed by atoms with Gasteiger partial charge in [0.15, 0.2) is 0 Å². The van der Waals surface area contributed by atoms with Crippen LogP contribution in [0.5, 0.6) is 0 Å². The Balaban J connectivity index is 1.86. The van der Waals surface area contributed by atoms with Gasteiger partial charge >= 0.3 is 5.97 Å². The van der Waals surface area contributed by atoms with Gasteiger partial charge in [-0.15, -0.1) is 0 Å². The molecule has 0 fully saturated rings. The molecule has 1 heterocycles. The van der Waals surface area contributed by atoms with Crippen LogP contribution in [0, 0.1) is 0 Å². The number of ether oxygens (including phenoxy) is 1. The smallest absolute Gasteiger partial charge is 0.329 e. The summed E-state index contributed by atoms with van der Waals surface area (Å²) in [5.41, 5.74) is 2.45. The van der Waals surface area contributed by atoms with E-state index in [4.69, 9.17) is 9.84 Å². The van der Waals surface area contributed by atoms with Gasteiger partial charge in [0.05, 0.1) is 6.61 Å². The van der Waals surface area contributed by atoms with Gasteiger partial charge in [-0.25, -0.2) is 4.79 Å². The lowest BCUT2D eigenvalue weighted by Gasteiger charge is -2.26. The summed E-state index contributed by atoms with van der Waals surface area (Å²) in [6, 6.07) is 8.39. The summed E-state index contributed by atoms with van der Waals surface area (Å²) >= 11 is 0. The number of hydrogen-bond acceptors (Lipinski definition) is 3. The van der Waals surface area contributed by atoms with Gasteiger partial charge in [0, 0.05) is 11.7 Å². The maximum atomic E-state index is 10.3. The maximum absolute atomic E-state index is 10.3. The Morgan fingerprint density at radius 3 is 3.12 bits per heavy atom. The summed E-state index contributed by atoms with van der Waals surface area (Å²) in [7, 11) is 0. The molecule has 0 saturated carbocycles. The van der Waals surface area contributed by atoms with Crippen LogP contribution >= 0.6 is 0 Å². The number of aliphatic carboxylic acids is 1. The number of nitrogens with one attached hydrogen (secondary N) is 1. The first-order chi connectivity index (χ1) is 7.75. The monoisotopic (exact) mass is 221 g/mol. The van der Waals surface area contributed by atoms with Crippen molar-refractivity contribution < 1.29 is 14.6 Å². The third-order valence-electron chi connectivity index (χ3n) is 2.68. The lowest BCUT2D eigenvalue weighted by atomic mass is 9.99. The third-order valence-corrected chi connectivity index (χ3v) is 2.68. The molecule has 2 rings (SSSR count). The van der Waals surface area contributed by atoms with Crippen LogP contribution < -0.4 is 5.32 Å². The Bertz CT molecular complexity index is 378. The van der Waals surface area contributed by atoms with E-state index < -0.39 is 5.97 Å². The molecule has 4 nitrogen and oxygen atoms in total. The molecule has 0 aliphatic carbocycles. The number of anilines is 1. The SMILES string of the molecule is O=C(O)COCC1CCc2ccccc2N1. The zero-order valence-electron chi connectivity index (χ0n) is 8.98. The fourth-order valence-electron chi connectivity index (χ4n) is 1.91. The zero-order valence-corrected chi connectivity index (χ0v) is 8.98. The van der Waals surface area contributed by atoms with Crippen molar-refractivity contribution in [2.24, 2.45) is 0 Å². The second kappa shape index (κ2) is 4.99. The normalized spacial score (nSPS) is 18.6. The molecule has 2 N–H and O–H groups in total. The average molecular weight is 221 g/mol. The molecule has 0 aromatic heterocycles. The Morgan fingerprint density at radius 1 is 1.50 bits per heavy atom. The van der Waals surface area contributed by atoms with E-state index in [0.717, 1.165) is 18.5 Å². The molecule has 1 unspecified atom stereocenters. The molecule has 86 valence electrons. The van der Waals surface area contributed by atoms with Crippen molar-refractivity contribution in [1.82, 2.24) is 0 Å². The molecule has 0 bridgehead atoms. The second-order valence-electron chi connectivity index (χ2n) is 3.95. The van der Waals surface area contributed by atoms with Gasteiger partial charge in [-0.2, -0.15) is 0 Å². The maximum Gasteiger partial charge on any atom is 0.329 e. The molecule has 0 saturated heterocycles. The topological polar surface area (TPSA) is 58.6 Å². The number of rotatable bonds is 4. The fraction of sp³-hybridized carbons (Fsp3) is 0.417. The lowest BCUT2D eigenvalue weighted by Crippen LogP contribution is -2.30. The highest BCUT2D eigenvalue weighted by Crippen LogP contribution is 2.24. The lowest BCUT2D eigenvalue weighted by molar-refractivity contribution is -0.142. The summed E-state index contributed by atoms with van der Waals surface area (Å²) in [5.74, 6) is -0.920. The minimum absolute atomic E-state index is 0.217. The Labute approximate surface area is 94.2 Å². The Kier molecular flexibility index (Phi) is 3.41. The van der Waals surface area contributed by atoms with Crippen molar-refractivity contribution in [1.29, 1.82) is 0 Å². The fourth-order valence-corrected chi connectivity index (χ4v) is 1.91. The first-order valence-corrected chi connectivity index (χ1v) is 5.39. The highest BCUT2D eigenvalue weighted by atomic mass is 16.5. The van der Waals surface area contributed by atoms with Crippen molar-refractivity contribution in [3.63, 3.8) is 0 Å². The van der Waals surface area contributed by atoms with Crippen molar-refractivity contribution in [2.75, 3.05) is 18.5 Å². The summed E-state index contributed by atoms with van der Waals surface area (Å²) in [6.07, 6.45) is 2.00. The van der Waals surface area contributed by atoms with E-state index in [1.54, 1.807) is 0 Å². The van der Waals surface area contributed by atoms with E-state index in [1.807, 2.05) is 18.2 Å². The predicted octanol–water partition coefficient (Wildman–Crippen LogP) is 1.51. The molecule has 1 aliphatic heterocycles. The first kappa shape index (κ1) is 11.0. The number of carboxylic acids is 1. The van der Waals surface area contributed by atoms with Crippen LogP contribution in [0.1, 0.15) is 12.0 Å². The molecule has 0 amide bonds. The average Bonchev–Trinajstić information content (AvgIpc) is 2.28. The number of benzene rings is 1. The second-order valence-corrected chi connectivity index (χ2v) is 3.95. The zero-order chi connectivity index (χ0) is 11.4. The molecular weight excluding hydrogens is 206 g/mol. The molecule has 1 atom stereocenters. The van der Waals surface area contributed by atoms with Crippen LogP contribution in [-0.2, 0) is 16.0 Å². The number of fused-ring (bicyclic) bond motifs is 1. The van der Waals surface area contributed by atoms with Crippen LogP contribution in [0.4, 0.5) is 5.69 Å². The van der Waals surface area contributed by atoms with Crippen LogP contribution in [0.2, 0.25) is 0 Å². The standard InChI is InChI=1S/C12H15NO3/c14-12(15)8-16-7-10-6-5-9-3-1-2-4-11(9)13-10/h1-4,10,13H,5-8H2,(H,14,15). The van der Waals surface area contributed by atoms with E-state index in [2.05, 4.69) is 11.4 Å². The van der Waals surface area contributed by atoms with Gasteiger partial charge in [0.1, 0.15) is 6.61 Å². The molecular formula is C12H15NO3. The van der Waals surface area contributed by atoms with Crippen LogP contribution in [0.3, 0.4) is 0 Å². The highest BCUT2D eigenvalue weighted by molar-refractivity contribution is 5.68. The van der Waals surface area contributed by atoms with E-state index in [-0.39, 0.29) is 12.6 Å². The molecule has 1 aliphatic rings. The van der Waals surface area contributed by atoms with Crippen molar-refractivity contribution in [2.45, 2.75) is 18.9 Å². The summed E-state index contributed by atoms with van der Waals surface area (Å²) in [4.78, 5) is 10.3. The summed E-state index contributed by atoms with van der Waals surface area (Å²) in [6.45, 7) is 0.223. The summed E-state index contributed by atoms with van der Waals surface area (Å²) in [5, 5.41) is 11.8. The van der Waals surface area contributed by atoms with E-state index in [9.17, 15) is 4.79 Å². The first-order valence-electron chi connectivity index (χ1n) is 5.39. The molecule has 0 spiro atoms. The molecule has 0 radical (unpaired) electrons. The number of aryl methyl sites for hydroxylation is 1. The van der Waals surface area contributed by atoms with Crippen molar-refractivity contribution in [3.05, 3.63) is 29.8 Å². The Morgan fingerprint density at radius 2 is 2.31 bits per heavy atom. The molecule has 1 aromatic rings. The van der Waals surface area contributed by atoms with E-state index in [1.165, 1.54) is 5.56 Å². The number of carbonyl (C=O) groups is 1. The van der Waals surface area contributed by atoms with Crippen LogP contribution in [-0.4, -0.2) is 30.3 Å². The van der Waals surface area contributed by atoms with Gasteiger partial charge < -0.3 is 15.2 Å². The van der Waals surface area contributed by atoms with E-state index >= 15 is 0 Å². The van der Waals surface area contributed by atoms with Gasteiger partial charge in [-0.3, -0.25) is 0 Å². The molecule has 4 heteroatoms. The third kappa shape index (κ3) is 2.73. The van der Waals surface area contributed by atoms with Gasteiger partial charge in [-0.05, 0) is 24.5 Å². The minimum atomic E-state index is -0.920. The van der Waals surface area contributed by atoms with Crippen LogP contribution in [0.15, 0.2) is 24.3 Å². The largest absolute Gasteiger partial charge is 0.480 e. The Hall–Kier alpha value is -1.55.